The van der Waals surface area contributed by atoms with E-state index in [0.717, 1.165) is 0 Å². The van der Waals surface area contributed by atoms with Crippen LogP contribution in [0.1, 0.15) is 13.8 Å². The number of carbonyl (C=O) groups excluding carboxylic acids is 1. The Balaban J connectivity index is 0.00000225. The molecule has 0 saturated carbocycles. The van der Waals surface area contributed by atoms with Gasteiger partial charge in [-0.25, -0.2) is 0 Å². The van der Waals surface area contributed by atoms with Gasteiger partial charge in [0.2, 0.25) is 5.91 Å². The van der Waals surface area contributed by atoms with Crippen molar-refractivity contribution >= 4 is 35.6 Å². The number of carbonyl (C=O) groups is 1. The van der Waals surface area contributed by atoms with Gasteiger partial charge in [-0.3, -0.25) is 4.79 Å². The number of nitrogens with one attached hydrogen (secondary N) is 1. The molecule has 90 valence electrons. The third kappa shape index (κ3) is 4.00. The largest absolute Gasteiger partial charge is 0.323 e. The lowest BCUT2D eigenvalue weighted by Gasteiger charge is -2.15. The van der Waals surface area contributed by atoms with Crippen molar-refractivity contribution in [1.29, 1.82) is 0 Å². The van der Waals surface area contributed by atoms with Crippen LogP contribution in [0.2, 0.25) is 5.02 Å². The molecule has 0 saturated heterocycles. The molecule has 0 heterocycles. The van der Waals surface area contributed by atoms with Crippen LogP contribution in [0, 0.1) is 5.92 Å². The minimum absolute atomic E-state index is 0. The molecule has 0 aliphatic heterocycles. The van der Waals surface area contributed by atoms with Crippen LogP contribution in [0.4, 0.5) is 5.69 Å². The molecule has 0 bridgehead atoms. The molecular weight excluding hydrogens is 247 g/mol. The quantitative estimate of drug-likeness (QED) is 0.880. The number of anilines is 1. The molecule has 0 aliphatic carbocycles. The molecule has 16 heavy (non-hydrogen) atoms. The van der Waals surface area contributed by atoms with E-state index in [1.165, 1.54) is 0 Å². The summed E-state index contributed by atoms with van der Waals surface area (Å²) in [4.78, 5) is 11.6. The monoisotopic (exact) mass is 262 g/mol. The Bertz CT molecular complexity index is 356. The van der Waals surface area contributed by atoms with E-state index in [4.69, 9.17) is 17.3 Å². The standard InChI is InChI=1S/C11H15ClN2O.ClH/c1-7(2)10(13)11(15)14-9-6-4-3-5-8(9)12;/h3-7,10H,13H2,1-2H3,(H,14,15);1H/t10-;/m1./s1. The zero-order chi connectivity index (χ0) is 11.4. The summed E-state index contributed by atoms with van der Waals surface area (Å²) in [6.07, 6.45) is 0. The average Bonchev–Trinajstić information content (AvgIpc) is 2.20. The predicted octanol–water partition coefficient (Wildman–Crippen LogP) is 2.68. The minimum atomic E-state index is -0.513. The molecule has 0 radical (unpaired) electrons. The second kappa shape index (κ2) is 6.74. The lowest BCUT2D eigenvalue weighted by atomic mass is 10.1. The van der Waals surface area contributed by atoms with Crippen molar-refractivity contribution in [3.63, 3.8) is 0 Å². The lowest BCUT2D eigenvalue weighted by Crippen LogP contribution is -2.39. The molecule has 1 rings (SSSR count). The Morgan fingerprint density at radius 1 is 1.38 bits per heavy atom. The molecular formula is C11H16Cl2N2O. The highest BCUT2D eigenvalue weighted by Gasteiger charge is 2.17. The average molecular weight is 263 g/mol. The first kappa shape index (κ1) is 15.2. The van der Waals surface area contributed by atoms with Gasteiger partial charge in [0.15, 0.2) is 0 Å². The van der Waals surface area contributed by atoms with E-state index in [-0.39, 0.29) is 24.2 Å². The van der Waals surface area contributed by atoms with Crippen LogP contribution in [0.5, 0.6) is 0 Å². The lowest BCUT2D eigenvalue weighted by molar-refractivity contribution is -0.118. The van der Waals surface area contributed by atoms with E-state index in [0.29, 0.717) is 10.7 Å². The van der Waals surface area contributed by atoms with Gasteiger partial charge in [0.1, 0.15) is 0 Å². The second-order valence-corrected chi connectivity index (χ2v) is 4.15. The normalized spacial score (nSPS) is 11.8. The molecule has 1 atom stereocenters. The van der Waals surface area contributed by atoms with E-state index in [1.54, 1.807) is 18.2 Å². The van der Waals surface area contributed by atoms with Crippen LogP contribution in [0.3, 0.4) is 0 Å². The Labute approximate surface area is 107 Å². The molecule has 3 N–H and O–H groups in total. The smallest absolute Gasteiger partial charge is 0.241 e. The van der Waals surface area contributed by atoms with Crippen molar-refractivity contribution in [1.82, 2.24) is 0 Å². The summed E-state index contributed by atoms with van der Waals surface area (Å²) in [7, 11) is 0. The minimum Gasteiger partial charge on any atom is -0.323 e. The summed E-state index contributed by atoms with van der Waals surface area (Å²) in [6.45, 7) is 3.80. The number of halogens is 2. The molecule has 0 spiro atoms. The van der Waals surface area contributed by atoms with Gasteiger partial charge < -0.3 is 11.1 Å². The Morgan fingerprint density at radius 2 is 1.94 bits per heavy atom. The summed E-state index contributed by atoms with van der Waals surface area (Å²) in [5.74, 6) is -0.106. The van der Waals surface area contributed by atoms with Gasteiger partial charge in [-0.2, -0.15) is 0 Å². The SMILES string of the molecule is CC(C)[C@@H](N)C(=O)Nc1ccccc1Cl.Cl. The summed E-state index contributed by atoms with van der Waals surface area (Å²) >= 11 is 5.90. The van der Waals surface area contributed by atoms with Crippen LogP contribution < -0.4 is 11.1 Å². The van der Waals surface area contributed by atoms with Crippen LogP contribution in [0.15, 0.2) is 24.3 Å². The number of hydrogen-bond donors (Lipinski definition) is 2. The van der Waals surface area contributed by atoms with E-state index < -0.39 is 6.04 Å². The van der Waals surface area contributed by atoms with Crippen LogP contribution in [0.25, 0.3) is 0 Å². The van der Waals surface area contributed by atoms with Crippen LogP contribution in [-0.2, 0) is 4.79 Å². The first-order valence-corrected chi connectivity index (χ1v) is 5.21. The number of amides is 1. The second-order valence-electron chi connectivity index (χ2n) is 3.74. The molecule has 0 aliphatic rings. The number of rotatable bonds is 3. The topological polar surface area (TPSA) is 55.1 Å². The predicted molar refractivity (Wildman–Crippen MR) is 70.1 cm³/mol. The highest BCUT2D eigenvalue weighted by atomic mass is 35.5. The number of nitrogens with two attached hydrogens (primary N) is 1. The Morgan fingerprint density at radius 3 is 2.44 bits per heavy atom. The molecule has 1 aromatic carbocycles. The maximum Gasteiger partial charge on any atom is 0.241 e. The Hall–Kier alpha value is -0.770. The van der Waals surface area contributed by atoms with Crippen molar-refractivity contribution in [3.8, 4) is 0 Å². The molecule has 0 fully saturated rings. The number of hydrogen-bond acceptors (Lipinski definition) is 2. The van der Waals surface area contributed by atoms with Crippen molar-refractivity contribution in [2.24, 2.45) is 11.7 Å². The van der Waals surface area contributed by atoms with E-state index in [2.05, 4.69) is 5.32 Å². The van der Waals surface area contributed by atoms with E-state index >= 15 is 0 Å². The van der Waals surface area contributed by atoms with Gasteiger partial charge in [-0.15, -0.1) is 12.4 Å². The summed E-state index contributed by atoms with van der Waals surface area (Å²) < 4.78 is 0. The van der Waals surface area contributed by atoms with Gasteiger partial charge in [-0.05, 0) is 18.1 Å². The van der Waals surface area contributed by atoms with Crippen molar-refractivity contribution in [3.05, 3.63) is 29.3 Å². The van der Waals surface area contributed by atoms with E-state index in [9.17, 15) is 4.79 Å². The van der Waals surface area contributed by atoms with Crippen molar-refractivity contribution in [2.45, 2.75) is 19.9 Å². The summed E-state index contributed by atoms with van der Waals surface area (Å²) in [5, 5.41) is 3.21. The van der Waals surface area contributed by atoms with Gasteiger partial charge in [-0.1, -0.05) is 37.6 Å². The molecule has 1 amide bonds. The molecule has 1 aromatic rings. The van der Waals surface area contributed by atoms with Crippen LogP contribution in [-0.4, -0.2) is 11.9 Å². The molecule has 0 aromatic heterocycles. The molecule has 0 unspecified atom stereocenters. The fourth-order valence-electron chi connectivity index (χ4n) is 1.08. The zero-order valence-corrected chi connectivity index (χ0v) is 10.8. The third-order valence-corrected chi connectivity index (χ3v) is 2.48. The first-order chi connectivity index (χ1) is 7.02. The molecule has 3 nitrogen and oxygen atoms in total. The fourth-order valence-corrected chi connectivity index (χ4v) is 1.26. The fraction of sp³-hybridized carbons (Fsp3) is 0.364. The summed E-state index contributed by atoms with van der Waals surface area (Å²) in [6, 6.07) is 6.56. The van der Waals surface area contributed by atoms with Gasteiger partial charge >= 0.3 is 0 Å². The first-order valence-electron chi connectivity index (χ1n) is 4.83. The third-order valence-electron chi connectivity index (χ3n) is 2.15. The van der Waals surface area contributed by atoms with E-state index in [1.807, 2.05) is 19.9 Å². The Kier molecular flexibility index (Phi) is 6.41. The number of benzene rings is 1. The van der Waals surface area contributed by atoms with Gasteiger partial charge in [0.25, 0.3) is 0 Å². The maximum atomic E-state index is 11.6. The van der Waals surface area contributed by atoms with Gasteiger partial charge in [0.05, 0.1) is 16.8 Å². The van der Waals surface area contributed by atoms with Crippen LogP contribution >= 0.6 is 24.0 Å². The number of para-hydroxylation sites is 1. The highest BCUT2D eigenvalue weighted by Crippen LogP contribution is 2.20. The van der Waals surface area contributed by atoms with Crippen molar-refractivity contribution < 1.29 is 4.79 Å². The zero-order valence-electron chi connectivity index (χ0n) is 9.24. The van der Waals surface area contributed by atoms with Gasteiger partial charge in [0, 0.05) is 0 Å². The highest BCUT2D eigenvalue weighted by molar-refractivity contribution is 6.33. The van der Waals surface area contributed by atoms with Crippen molar-refractivity contribution in [2.75, 3.05) is 5.32 Å². The molecule has 5 heteroatoms. The maximum absolute atomic E-state index is 11.6. The summed E-state index contributed by atoms with van der Waals surface area (Å²) in [5.41, 5.74) is 6.30.